The van der Waals surface area contributed by atoms with E-state index in [2.05, 4.69) is 33.0 Å². The summed E-state index contributed by atoms with van der Waals surface area (Å²) in [6, 6.07) is 0. The minimum Gasteiger partial charge on any atom is -0.316 e. The maximum Gasteiger partial charge on any atom is -0.00204 e. The van der Waals surface area contributed by atoms with Crippen molar-refractivity contribution in [1.29, 1.82) is 0 Å². The smallest absolute Gasteiger partial charge is 0.00204 e. The highest BCUT2D eigenvalue weighted by molar-refractivity contribution is 4.74. The molecule has 1 aliphatic heterocycles. The van der Waals surface area contributed by atoms with E-state index < -0.39 is 0 Å². The lowest BCUT2D eigenvalue weighted by Crippen LogP contribution is -2.34. The second-order valence-electron chi connectivity index (χ2n) is 6.54. The molecule has 116 valence electrons. The molecule has 1 saturated heterocycles. The fourth-order valence-corrected chi connectivity index (χ4v) is 3.77. The molecule has 0 aromatic heterocycles. The predicted molar refractivity (Wildman–Crippen MR) is 88.6 cm³/mol. The Balaban J connectivity index is 0.000000324. The first kappa shape index (κ1) is 19.0. The molecule has 0 spiro atoms. The third-order valence-corrected chi connectivity index (χ3v) is 5.10. The van der Waals surface area contributed by atoms with Gasteiger partial charge in [0.15, 0.2) is 0 Å². The third kappa shape index (κ3) is 6.79. The fourth-order valence-electron chi connectivity index (χ4n) is 3.77. The Morgan fingerprint density at radius 2 is 1.47 bits per heavy atom. The summed E-state index contributed by atoms with van der Waals surface area (Å²) < 4.78 is 0. The zero-order valence-corrected chi connectivity index (χ0v) is 13.2. The third-order valence-electron chi connectivity index (χ3n) is 5.10. The number of piperidine rings is 1. The molecular weight excluding hydrogens is 230 g/mol. The van der Waals surface area contributed by atoms with Gasteiger partial charge < -0.3 is 5.32 Å². The first-order chi connectivity index (χ1) is 8.71. The predicted octanol–water partition coefficient (Wildman–Crippen LogP) is 5.50. The molecule has 1 saturated carbocycles. The second-order valence-corrected chi connectivity index (χ2v) is 6.54. The normalized spacial score (nSPS) is 34.1. The molecule has 1 heteroatoms. The van der Waals surface area contributed by atoms with Crippen molar-refractivity contribution in [2.45, 2.75) is 80.1 Å². The van der Waals surface area contributed by atoms with Crippen LogP contribution in [0.25, 0.3) is 0 Å². The van der Waals surface area contributed by atoms with Crippen molar-refractivity contribution in [3.05, 3.63) is 0 Å². The molecule has 1 aliphatic carbocycles. The molecule has 0 radical (unpaired) electrons. The van der Waals surface area contributed by atoms with E-state index in [1.54, 1.807) is 0 Å². The van der Waals surface area contributed by atoms with E-state index in [1.165, 1.54) is 58.0 Å². The summed E-state index contributed by atoms with van der Waals surface area (Å²) in [6.45, 7) is 11.8. The van der Waals surface area contributed by atoms with E-state index in [4.69, 9.17) is 0 Å². The van der Waals surface area contributed by atoms with Gasteiger partial charge in [0.05, 0.1) is 0 Å². The van der Waals surface area contributed by atoms with E-state index in [0.717, 1.165) is 23.7 Å². The van der Waals surface area contributed by atoms with E-state index >= 15 is 0 Å². The van der Waals surface area contributed by atoms with Gasteiger partial charge in [-0.1, -0.05) is 73.6 Å². The lowest BCUT2D eigenvalue weighted by Gasteiger charge is -2.26. The molecule has 2 rings (SSSR count). The maximum absolute atomic E-state index is 3.44. The minimum atomic E-state index is 0. The molecule has 1 heterocycles. The van der Waals surface area contributed by atoms with Gasteiger partial charge in [-0.05, 0) is 43.2 Å². The monoisotopic (exact) mass is 269 g/mol. The highest BCUT2D eigenvalue weighted by Crippen LogP contribution is 2.35. The van der Waals surface area contributed by atoms with Gasteiger partial charge >= 0.3 is 0 Å². The van der Waals surface area contributed by atoms with Crippen LogP contribution in [0.5, 0.6) is 0 Å². The lowest BCUT2D eigenvalue weighted by molar-refractivity contribution is 0.296. The van der Waals surface area contributed by atoms with Crippen molar-refractivity contribution in [3.8, 4) is 0 Å². The number of rotatable bonds is 3. The van der Waals surface area contributed by atoms with Crippen LogP contribution in [0, 0.1) is 23.7 Å². The molecule has 0 aromatic carbocycles. The SMILES string of the molecule is C.CCC1CCCC1CC.CCC1CNCC(C)C1. The quantitative estimate of drug-likeness (QED) is 0.713. The number of hydrogen-bond donors (Lipinski definition) is 1. The van der Waals surface area contributed by atoms with Crippen LogP contribution in [-0.2, 0) is 0 Å². The van der Waals surface area contributed by atoms with Gasteiger partial charge in [-0.2, -0.15) is 0 Å². The lowest BCUT2D eigenvalue weighted by atomic mass is 9.90. The molecule has 4 unspecified atom stereocenters. The zero-order chi connectivity index (χ0) is 13.4. The van der Waals surface area contributed by atoms with Crippen LogP contribution < -0.4 is 5.32 Å². The topological polar surface area (TPSA) is 12.0 Å². The molecule has 0 bridgehead atoms. The van der Waals surface area contributed by atoms with Crippen molar-refractivity contribution in [2.24, 2.45) is 23.7 Å². The Labute approximate surface area is 122 Å². The van der Waals surface area contributed by atoms with Gasteiger partial charge in [0, 0.05) is 0 Å². The maximum atomic E-state index is 3.44. The second kappa shape index (κ2) is 10.7. The first-order valence-corrected chi connectivity index (χ1v) is 8.41. The Morgan fingerprint density at radius 3 is 1.84 bits per heavy atom. The van der Waals surface area contributed by atoms with Crippen LogP contribution >= 0.6 is 0 Å². The van der Waals surface area contributed by atoms with Crippen LogP contribution in [0.1, 0.15) is 80.1 Å². The Kier molecular flexibility index (Phi) is 10.7. The van der Waals surface area contributed by atoms with Crippen molar-refractivity contribution in [3.63, 3.8) is 0 Å². The summed E-state index contributed by atoms with van der Waals surface area (Å²) in [5.74, 6) is 4.02. The van der Waals surface area contributed by atoms with Crippen LogP contribution in [0.4, 0.5) is 0 Å². The van der Waals surface area contributed by atoms with Crippen LogP contribution in [0.2, 0.25) is 0 Å². The average molecular weight is 270 g/mol. The molecule has 4 atom stereocenters. The molecule has 0 amide bonds. The Morgan fingerprint density at radius 1 is 0.895 bits per heavy atom. The highest BCUT2D eigenvalue weighted by Gasteiger charge is 2.23. The first-order valence-electron chi connectivity index (χ1n) is 8.41. The Bertz CT molecular complexity index is 192. The van der Waals surface area contributed by atoms with Gasteiger partial charge in [-0.3, -0.25) is 0 Å². The van der Waals surface area contributed by atoms with Crippen molar-refractivity contribution in [1.82, 2.24) is 5.32 Å². The van der Waals surface area contributed by atoms with Crippen LogP contribution in [-0.4, -0.2) is 13.1 Å². The molecular formula is C18H39N. The van der Waals surface area contributed by atoms with E-state index in [0.29, 0.717) is 0 Å². The standard InChI is InChI=1S/C9H18.C8H17N.CH4/c1-3-8-6-5-7-9(8)4-2;1-3-8-4-7(2)5-9-6-8;/h8-9H,3-7H2,1-2H3;7-9H,3-6H2,1-2H3;1H4. The minimum absolute atomic E-state index is 0. The van der Waals surface area contributed by atoms with Crippen molar-refractivity contribution in [2.75, 3.05) is 13.1 Å². The van der Waals surface area contributed by atoms with Gasteiger partial charge in [-0.15, -0.1) is 0 Å². The Hall–Kier alpha value is -0.0400. The van der Waals surface area contributed by atoms with Crippen LogP contribution in [0.3, 0.4) is 0 Å². The molecule has 19 heavy (non-hydrogen) atoms. The molecule has 2 fully saturated rings. The molecule has 0 aromatic rings. The van der Waals surface area contributed by atoms with Gasteiger partial charge in [0.2, 0.25) is 0 Å². The van der Waals surface area contributed by atoms with Gasteiger partial charge in [-0.25, -0.2) is 0 Å². The molecule has 2 aliphatic rings. The summed E-state index contributed by atoms with van der Waals surface area (Å²) in [4.78, 5) is 0. The summed E-state index contributed by atoms with van der Waals surface area (Å²) in [5.41, 5.74) is 0. The van der Waals surface area contributed by atoms with Crippen molar-refractivity contribution >= 4 is 0 Å². The molecule has 1 nitrogen and oxygen atoms in total. The van der Waals surface area contributed by atoms with Gasteiger partial charge in [0.1, 0.15) is 0 Å². The average Bonchev–Trinajstić information content (AvgIpc) is 2.86. The summed E-state index contributed by atoms with van der Waals surface area (Å²) in [5, 5.41) is 3.44. The van der Waals surface area contributed by atoms with E-state index in [1.807, 2.05) is 0 Å². The van der Waals surface area contributed by atoms with E-state index in [9.17, 15) is 0 Å². The summed E-state index contributed by atoms with van der Waals surface area (Å²) >= 11 is 0. The molecule has 1 N–H and O–H groups in total. The highest BCUT2D eigenvalue weighted by atomic mass is 14.9. The van der Waals surface area contributed by atoms with Crippen LogP contribution in [0.15, 0.2) is 0 Å². The number of nitrogens with one attached hydrogen (secondary N) is 1. The van der Waals surface area contributed by atoms with E-state index in [-0.39, 0.29) is 7.43 Å². The zero-order valence-electron chi connectivity index (χ0n) is 13.2. The summed E-state index contributed by atoms with van der Waals surface area (Å²) in [6.07, 6.45) is 10.1. The number of hydrogen-bond acceptors (Lipinski definition) is 1. The van der Waals surface area contributed by atoms with Crippen molar-refractivity contribution < 1.29 is 0 Å². The van der Waals surface area contributed by atoms with Gasteiger partial charge in [0.25, 0.3) is 0 Å². The largest absolute Gasteiger partial charge is 0.316 e. The fraction of sp³-hybridized carbons (Fsp3) is 1.00. The summed E-state index contributed by atoms with van der Waals surface area (Å²) in [7, 11) is 0.